The molecule has 0 aliphatic carbocycles. The molecule has 2 heterocycles. The molecule has 0 saturated carbocycles. The summed E-state index contributed by atoms with van der Waals surface area (Å²) in [4.78, 5) is 42.6. The minimum absolute atomic E-state index is 0.0326. The predicted molar refractivity (Wildman–Crippen MR) is 112 cm³/mol. The van der Waals surface area contributed by atoms with E-state index >= 15 is 0 Å². The highest BCUT2D eigenvalue weighted by atomic mass is 16.5. The number of Topliss-reactive ketones (excluding diaryl/α,β-unsaturated/α-hetero) is 1. The molecule has 3 aromatic rings. The number of esters is 1. The van der Waals surface area contributed by atoms with E-state index in [0.717, 1.165) is 10.9 Å². The van der Waals surface area contributed by atoms with Crippen LogP contribution in [0, 0.1) is 5.92 Å². The van der Waals surface area contributed by atoms with Crippen molar-refractivity contribution < 1.29 is 23.9 Å². The maximum atomic E-state index is 12.8. The summed E-state index contributed by atoms with van der Waals surface area (Å²) in [6.07, 6.45) is 0.706. The van der Waals surface area contributed by atoms with E-state index < -0.39 is 18.0 Å². The second kappa shape index (κ2) is 8.02. The lowest BCUT2D eigenvalue weighted by Gasteiger charge is -2.19. The molecule has 2 atom stereocenters. The number of fused-ring (bicyclic) bond motifs is 1. The standard InChI is InChI=1S/C23H22N2O5/c1-14(22(27)17-12-24-18-8-4-3-7-16(17)18)30-23(28)15-11-21(26)25(13-15)19-9-5-6-10-20(19)29-2/h3-10,12,14-15,24H,11,13H2,1-2H3/t14-,15+/m0/s1. The summed E-state index contributed by atoms with van der Waals surface area (Å²) in [5.74, 6) is -1.10. The van der Waals surface area contributed by atoms with E-state index in [2.05, 4.69) is 4.98 Å². The summed E-state index contributed by atoms with van der Waals surface area (Å²) in [7, 11) is 1.53. The van der Waals surface area contributed by atoms with Gasteiger partial charge in [0.2, 0.25) is 11.7 Å². The van der Waals surface area contributed by atoms with Crippen molar-refractivity contribution in [3.05, 3.63) is 60.3 Å². The van der Waals surface area contributed by atoms with Crippen molar-refractivity contribution in [1.29, 1.82) is 0 Å². The number of hydrogen-bond acceptors (Lipinski definition) is 5. The SMILES string of the molecule is COc1ccccc1N1C[C@H](C(=O)O[C@@H](C)C(=O)c2c[nH]c3ccccc23)CC1=O. The van der Waals surface area contributed by atoms with E-state index in [1.807, 2.05) is 30.3 Å². The number of hydrogen-bond donors (Lipinski definition) is 1. The zero-order valence-electron chi connectivity index (χ0n) is 16.8. The number of aromatic nitrogens is 1. The van der Waals surface area contributed by atoms with Crippen LogP contribution in [0.15, 0.2) is 54.7 Å². The molecule has 1 aliphatic heterocycles. The molecule has 1 amide bonds. The highest BCUT2D eigenvalue weighted by molar-refractivity contribution is 6.10. The van der Waals surface area contributed by atoms with Gasteiger partial charge >= 0.3 is 5.97 Å². The Kier molecular flexibility index (Phi) is 5.27. The third-order valence-corrected chi connectivity index (χ3v) is 5.35. The van der Waals surface area contributed by atoms with Crippen molar-refractivity contribution in [1.82, 2.24) is 4.98 Å². The maximum absolute atomic E-state index is 12.8. The van der Waals surface area contributed by atoms with Gasteiger partial charge in [0, 0.05) is 35.6 Å². The van der Waals surface area contributed by atoms with Crippen LogP contribution in [-0.4, -0.2) is 42.4 Å². The van der Waals surface area contributed by atoms with Crippen molar-refractivity contribution in [2.45, 2.75) is 19.4 Å². The van der Waals surface area contributed by atoms with Crippen molar-refractivity contribution in [2.24, 2.45) is 5.92 Å². The smallest absolute Gasteiger partial charge is 0.312 e. The van der Waals surface area contributed by atoms with Crippen LogP contribution < -0.4 is 9.64 Å². The molecule has 2 aromatic carbocycles. The fourth-order valence-corrected chi connectivity index (χ4v) is 3.77. The number of carbonyl (C=O) groups is 3. The second-order valence-electron chi connectivity index (χ2n) is 7.27. The van der Waals surface area contributed by atoms with Gasteiger partial charge in [-0.05, 0) is 25.1 Å². The van der Waals surface area contributed by atoms with Gasteiger partial charge in [0.15, 0.2) is 6.10 Å². The summed E-state index contributed by atoms with van der Waals surface area (Å²) in [5.41, 5.74) is 1.93. The van der Waals surface area contributed by atoms with E-state index in [4.69, 9.17) is 9.47 Å². The Hall–Kier alpha value is -3.61. The number of H-pyrrole nitrogens is 1. The number of nitrogens with one attached hydrogen (secondary N) is 1. The summed E-state index contributed by atoms with van der Waals surface area (Å²) in [6, 6.07) is 14.6. The van der Waals surface area contributed by atoms with Crippen LogP contribution in [0.3, 0.4) is 0 Å². The molecule has 0 bridgehead atoms. The Morgan fingerprint density at radius 2 is 1.87 bits per heavy atom. The van der Waals surface area contributed by atoms with Crippen LogP contribution in [0.4, 0.5) is 5.69 Å². The molecule has 0 radical (unpaired) electrons. The first-order chi connectivity index (χ1) is 14.5. The highest BCUT2D eigenvalue weighted by Gasteiger charge is 2.38. The Balaban J connectivity index is 1.45. The second-order valence-corrected chi connectivity index (χ2v) is 7.27. The average molecular weight is 406 g/mol. The van der Waals surface area contributed by atoms with Crippen LogP contribution in [0.5, 0.6) is 5.75 Å². The number of ether oxygens (including phenoxy) is 2. The van der Waals surface area contributed by atoms with Crippen molar-refractivity contribution in [3.63, 3.8) is 0 Å². The molecule has 0 unspecified atom stereocenters. The number of benzene rings is 2. The molecule has 154 valence electrons. The number of ketones is 1. The largest absolute Gasteiger partial charge is 0.495 e. The molecule has 1 aromatic heterocycles. The number of aromatic amines is 1. The number of para-hydroxylation sites is 3. The van der Waals surface area contributed by atoms with Crippen molar-refractivity contribution >= 4 is 34.3 Å². The van der Waals surface area contributed by atoms with Crippen LogP contribution >= 0.6 is 0 Å². The van der Waals surface area contributed by atoms with Gasteiger partial charge in [-0.2, -0.15) is 0 Å². The van der Waals surface area contributed by atoms with E-state index in [-0.39, 0.29) is 24.7 Å². The summed E-state index contributed by atoms with van der Waals surface area (Å²) >= 11 is 0. The molecule has 0 spiro atoms. The van der Waals surface area contributed by atoms with E-state index in [1.165, 1.54) is 12.0 Å². The van der Waals surface area contributed by atoms with Gasteiger partial charge in [0.25, 0.3) is 0 Å². The first-order valence-electron chi connectivity index (χ1n) is 9.73. The van der Waals surface area contributed by atoms with E-state index in [9.17, 15) is 14.4 Å². The molecule has 1 N–H and O–H groups in total. The molecule has 1 fully saturated rings. The number of carbonyl (C=O) groups excluding carboxylic acids is 3. The summed E-state index contributed by atoms with van der Waals surface area (Å²) < 4.78 is 10.8. The lowest BCUT2D eigenvalue weighted by atomic mass is 10.1. The van der Waals surface area contributed by atoms with Gasteiger partial charge in [0.05, 0.1) is 18.7 Å². The van der Waals surface area contributed by atoms with Gasteiger partial charge in [-0.15, -0.1) is 0 Å². The minimum atomic E-state index is -0.952. The Morgan fingerprint density at radius 3 is 2.67 bits per heavy atom. The number of anilines is 1. The molecule has 7 heteroatoms. The minimum Gasteiger partial charge on any atom is -0.495 e. The topological polar surface area (TPSA) is 88.7 Å². The van der Waals surface area contributed by atoms with Gasteiger partial charge in [0.1, 0.15) is 5.75 Å². The molecule has 4 rings (SSSR count). The van der Waals surface area contributed by atoms with Crippen LogP contribution in [0.25, 0.3) is 10.9 Å². The van der Waals surface area contributed by atoms with E-state index in [0.29, 0.717) is 17.0 Å². The van der Waals surface area contributed by atoms with Crippen LogP contribution in [0.2, 0.25) is 0 Å². The van der Waals surface area contributed by atoms with Gasteiger partial charge in [-0.3, -0.25) is 14.4 Å². The first kappa shape index (κ1) is 19.7. The highest BCUT2D eigenvalue weighted by Crippen LogP contribution is 2.33. The summed E-state index contributed by atoms with van der Waals surface area (Å²) in [6.45, 7) is 1.74. The zero-order valence-corrected chi connectivity index (χ0v) is 16.8. The number of rotatable bonds is 6. The fraction of sp³-hybridized carbons (Fsp3) is 0.261. The average Bonchev–Trinajstić information content (AvgIpc) is 3.36. The zero-order chi connectivity index (χ0) is 21.3. The quantitative estimate of drug-likeness (QED) is 0.501. The van der Waals surface area contributed by atoms with Crippen LogP contribution in [0.1, 0.15) is 23.7 Å². The molecular formula is C23H22N2O5. The van der Waals surface area contributed by atoms with E-state index in [1.54, 1.807) is 31.3 Å². The lowest BCUT2D eigenvalue weighted by molar-refractivity contribution is -0.151. The maximum Gasteiger partial charge on any atom is 0.312 e. The molecule has 30 heavy (non-hydrogen) atoms. The normalized spacial score (nSPS) is 17.2. The summed E-state index contributed by atoms with van der Waals surface area (Å²) in [5, 5.41) is 0.781. The molecule has 1 saturated heterocycles. The predicted octanol–water partition coefficient (Wildman–Crippen LogP) is 3.34. The Bertz CT molecular complexity index is 1120. The van der Waals surface area contributed by atoms with Gasteiger partial charge < -0.3 is 19.4 Å². The van der Waals surface area contributed by atoms with Gasteiger partial charge in [-0.1, -0.05) is 30.3 Å². The van der Waals surface area contributed by atoms with Gasteiger partial charge in [-0.25, -0.2) is 0 Å². The fourth-order valence-electron chi connectivity index (χ4n) is 3.77. The lowest BCUT2D eigenvalue weighted by Crippen LogP contribution is -2.30. The third kappa shape index (κ3) is 3.54. The molecular weight excluding hydrogens is 384 g/mol. The Morgan fingerprint density at radius 1 is 1.13 bits per heavy atom. The first-order valence-corrected chi connectivity index (χ1v) is 9.73. The molecule has 1 aliphatic rings. The number of methoxy groups -OCH3 is 1. The number of nitrogens with zero attached hydrogens (tertiary/aromatic N) is 1. The Labute approximate surface area is 173 Å². The number of amides is 1. The van der Waals surface area contributed by atoms with Crippen molar-refractivity contribution in [2.75, 3.05) is 18.6 Å². The molecule has 7 nitrogen and oxygen atoms in total. The van der Waals surface area contributed by atoms with Crippen molar-refractivity contribution in [3.8, 4) is 5.75 Å². The third-order valence-electron chi connectivity index (χ3n) is 5.35. The van der Waals surface area contributed by atoms with Crippen LogP contribution in [-0.2, 0) is 14.3 Å². The monoisotopic (exact) mass is 406 g/mol.